The molecule has 0 aromatic carbocycles. The smallest absolute Gasteiger partial charge is 0.174 e. The first-order chi connectivity index (χ1) is 10.1. The Kier molecular flexibility index (Phi) is 4.98. The summed E-state index contributed by atoms with van der Waals surface area (Å²) in [5.41, 5.74) is 8.32. The first-order valence-corrected chi connectivity index (χ1v) is 7.68. The summed E-state index contributed by atoms with van der Waals surface area (Å²) in [4.78, 5) is 2.26. The van der Waals surface area contributed by atoms with Crippen LogP contribution in [-0.4, -0.2) is 33.8 Å². The highest BCUT2D eigenvalue weighted by Crippen LogP contribution is 2.29. The normalized spacial score (nSPS) is 17.0. The Hall–Kier alpha value is -1.85. The van der Waals surface area contributed by atoms with E-state index in [0.717, 1.165) is 36.5 Å². The molecule has 0 saturated heterocycles. The number of nitrogens with two attached hydrogens (primary N) is 1. The maximum Gasteiger partial charge on any atom is 0.174 e. The molecule has 0 unspecified atom stereocenters. The molecule has 0 bridgehead atoms. The third kappa shape index (κ3) is 3.09. The van der Waals surface area contributed by atoms with E-state index in [1.807, 2.05) is 13.8 Å². The maximum absolute atomic E-state index is 9.09. The van der Waals surface area contributed by atoms with E-state index in [1.165, 1.54) is 19.3 Å². The first-order valence-electron chi connectivity index (χ1n) is 7.68. The number of hydrogen-bond acceptors (Lipinski definition) is 5. The zero-order valence-electron chi connectivity index (χ0n) is 13.1. The van der Waals surface area contributed by atoms with Crippen molar-refractivity contribution in [3.05, 3.63) is 16.8 Å². The molecule has 0 radical (unpaired) electrons. The Morgan fingerprint density at radius 3 is 2.52 bits per heavy atom. The Morgan fingerprint density at radius 1 is 1.29 bits per heavy atom. The van der Waals surface area contributed by atoms with Crippen LogP contribution in [-0.2, 0) is 0 Å². The van der Waals surface area contributed by atoms with Crippen LogP contribution in [0.25, 0.3) is 0 Å². The summed E-state index contributed by atoms with van der Waals surface area (Å²) in [6.45, 7) is 6.78. The van der Waals surface area contributed by atoms with Crippen molar-refractivity contribution in [2.75, 3.05) is 11.4 Å². The minimum absolute atomic E-state index is 0.106. The minimum Gasteiger partial charge on any atom is -0.409 e. The average Bonchev–Trinajstić information content (AvgIpc) is 2.52. The molecule has 1 saturated carbocycles. The van der Waals surface area contributed by atoms with Crippen molar-refractivity contribution in [1.82, 2.24) is 10.2 Å². The zero-order chi connectivity index (χ0) is 15.4. The van der Waals surface area contributed by atoms with Crippen LogP contribution >= 0.6 is 0 Å². The van der Waals surface area contributed by atoms with E-state index >= 15 is 0 Å². The van der Waals surface area contributed by atoms with Crippen molar-refractivity contribution in [3.8, 4) is 0 Å². The molecular formula is C15H25N5O. The van der Waals surface area contributed by atoms with Gasteiger partial charge in [-0.3, -0.25) is 0 Å². The van der Waals surface area contributed by atoms with E-state index in [0.29, 0.717) is 11.6 Å². The molecule has 1 fully saturated rings. The van der Waals surface area contributed by atoms with Gasteiger partial charge in [-0.25, -0.2) is 0 Å². The number of rotatable bonds is 4. The average molecular weight is 291 g/mol. The summed E-state index contributed by atoms with van der Waals surface area (Å²) in [6.07, 6.45) is 6.13. The quantitative estimate of drug-likeness (QED) is 0.385. The van der Waals surface area contributed by atoms with Crippen molar-refractivity contribution in [2.45, 2.75) is 58.9 Å². The predicted molar refractivity (Wildman–Crippen MR) is 83.9 cm³/mol. The minimum atomic E-state index is 0.106. The summed E-state index contributed by atoms with van der Waals surface area (Å²) >= 11 is 0. The topological polar surface area (TPSA) is 87.6 Å². The molecule has 0 amide bonds. The fraction of sp³-hybridized carbons (Fsp3) is 0.667. The van der Waals surface area contributed by atoms with E-state index in [2.05, 4.69) is 27.2 Å². The Labute approximate surface area is 126 Å². The van der Waals surface area contributed by atoms with Gasteiger partial charge in [0.1, 0.15) is 0 Å². The molecule has 1 aliphatic carbocycles. The molecule has 6 nitrogen and oxygen atoms in total. The van der Waals surface area contributed by atoms with Crippen LogP contribution in [0.2, 0.25) is 0 Å². The van der Waals surface area contributed by atoms with Crippen molar-refractivity contribution in [3.63, 3.8) is 0 Å². The van der Waals surface area contributed by atoms with Gasteiger partial charge in [-0.15, -0.1) is 5.10 Å². The lowest BCUT2D eigenvalue weighted by molar-refractivity contribution is 0.318. The summed E-state index contributed by atoms with van der Waals surface area (Å²) in [6, 6.07) is 0.463. The zero-order valence-corrected chi connectivity index (χ0v) is 13.1. The van der Waals surface area contributed by atoms with Crippen LogP contribution in [0.4, 0.5) is 5.82 Å². The number of nitrogens with zero attached hydrogens (tertiary/aromatic N) is 4. The monoisotopic (exact) mass is 291 g/mol. The van der Waals surface area contributed by atoms with Crippen LogP contribution in [0, 0.1) is 13.8 Å². The fourth-order valence-electron chi connectivity index (χ4n) is 3.13. The highest BCUT2D eigenvalue weighted by molar-refractivity contribution is 6.02. The van der Waals surface area contributed by atoms with Crippen LogP contribution in [0.5, 0.6) is 0 Å². The van der Waals surface area contributed by atoms with E-state index in [9.17, 15) is 0 Å². The van der Waals surface area contributed by atoms with Crippen molar-refractivity contribution < 1.29 is 5.21 Å². The fourth-order valence-corrected chi connectivity index (χ4v) is 3.13. The van der Waals surface area contributed by atoms with Gasteiger partial charge >= 0.3 is 0 Å². The van der Waals surface area contributed by atoms with Crippen LogP contribution in [0.15, 0.2) is 5.16 Å². The number of aromatic nitrogens is 2. The lowest BCUT2D eigenvalue weighted by Gasteiger charge is -2.35. The Morgan fingerprint density at radius 2 is 1.95 bits per heavy atom. The molecule has 1 heterocycles. The predicted octanol–water partition coefficient (Wildman–Crippen LogP) is 2.35. The molecule has 1 aliphatic rings. The molecule has 0 aliphatic heterocycles. The molecule has 1 aromatic rings. The van der Waals surface area contributed by atoms with Gasteiger partial charge in [-0.05, 0) is 39.2 Å². The molecule has 6 heteroatoms. The molecule has 2 rings (SSSR count). The largest absolute Gasteiger partial charge is 0.409 e. The van der Waals surface area contributed by atoms with Crippen LogP contribution in [0.3, 0.4) is 0 Å². The summed E-state index contributed by atoms with van der Waals surface area (Å²) in [7, 11) is 0. The third-order valence-electron chi connectivity index (χ3n) is 4.43. The third-order valence-corrected chi connectivity index (χ3v) is 4.43. The van der Waals surface area contributed by atoms with Gasteiger partial charge in [0.25, 0.3) is 0 Å². The molecule has 3 N–H and O–H groups in total. The molecule has 0 atom stereocenters. The van der Waals surface area contributed by atoms with Gasteiger partial charge in [0.2, 0.25) is 0 Å². The van der Waals surface area contributed by atoms with E-state index in [1.54, 1.807) is 0 Å². The lowest BCUT2D eigenvalue weighted by atomic mass is 9.93. The maximum atomic E-state index is 9.09. The number of amidine groups is 1. The van der Waals surface area contributed by atoms with Gasteiger partial charge in [0, 0.05) is 12.6 Å². The van der Waals surface area contributed by atoms with Gasteiger partial charge in [-0.1, -0.05) is 24.4 Å². The van der Waals surface area contributed by atoms with Gasteiger partial charge in [-0.2, -0.15) is 5.10 Å². The molecule has 21 heavy (non-hydrogen) atoms. The van der Waals surface area contributed by atoms with E-state index < -0.39 is 0 Å². The van der Waals surface area contributed by atoms with Crippen molar-refractivity contribution in [2.24, 2.45) is 10.9 Å². The number of hydrogen-bond donors (Lipinski definition) is 2. The second-order valence-electron chi connectivity index (χ2n) is 5.67. The van der Waals surface area contributed by atoms with E-state index in [-0.39, 0.29) is 5.84 Å². The van der Waals surface area contributed by atoms with Crippen molar-refractivity contribution >= 4 is 11.7 Å². The molecular weight excluding hydrogens is 266 g/mol. The second-order valence-corrected chi connectivity index (χ2v) is 5.67. The lowest BCUT2D eigenvalue weighted by Crippen LogP contribution is -2.39. The first kappa shape index (κ1) is 15.5. The van der Waals surface area contributed by atoms with Crippen molar-refractivity contribution in [1.29, 1.82) is 0 Å². The molecule has 0 spiro atoms. The van der Waals surface area contributed by atoms with Gasteiger partial charge in [0.15, 0.2) is 11.7 Å². The number of aryl methyl sites for hydroxylation is 1. The highest BCUT2D eigenvalue weighted by atomic mass is 16.4. The second kappa shape index (κ2) is 6.74. The SMILES string of the molecule is CCN(c1nnc(C)c(C)c1/C(N)=N/O)C1CCCCC1. The Balaban J connectivity index is 2.47. The van der Waals surface area contributed by atoms with Gasteiger partial charge in [0.05, 0.1) is 11.3 Å². The summed E-state index contributed by atoms with van der Waals surface area (Å²) in [5.74, 6) is 0.845. The standard InChI is InChI=1S/C15H25N5O/c1-4-20(12-8-6-5-7-9-12)15-13(14(16)19-21)10(2)11(3)17-18-15/h12,21H,4-9H2,1-3H3,(H2,16,19). The Bertz CT molecular complexity index is 523. The molecule has 1 aromatic heterocycles. The van der Waals surface area contributed by atoms with E-state index in [4.69, 9.17) is 10.9 Å². The summed E-state index contributed by atoms with van der Waals surface area (Å²) in [5, 5.41) is 20.9. The summed E-state index contributed by atoms with van der Waals surface area (Å²) < 4.78 is 0. The number of oxime groups is 1. The van der Waals surface area contributed by atoms with Crippen LogP contribution in [0.1, 0.15) is 55.8 Å². The highest BCUT2D eigenvalue weighted by Gasteiger charge is 2.26. The molecule has 116 valence electrons. The van der Waals surface area contributed by atoms with Crippen LogP contribution < -0.4 is 10.6 Å². The van der Waals surface area contributed by atoms with Gasteiger partial charge < -0.3 is 15.8 Å². The number of anilines is 1.